The number of H-pyrrole nitrogens is 1. The second-order valence-corrected chi connectivity index (χ2v) is 6.83. The zero-order valence-corrected chi connectivity index (χ0v) is 17.0. The monoisotopic (exact) mass is 394 g/mol. The number of carbonyl (C=O) groups is 1. The fraction of sp³-hybridized carbons (Fsp3) is 0.318. The smallest absolute Gasteiger partial charge is 0.224 e. The summed E-state index contributed by atoms with van der Waals surface area (Å²) in [5.41, 5.74) is 3.27. The Balaban J connectivity index is 1.46. The van der Waals surface area contributed by atoms with E-state index in [1.165, 1.54) is 11.1 Å². The lowest BCUT2D eigenvalue weighted by Crippen LogP contribution is -2.27. The molecule has 0 aliphatic heterocycles. The summed E-state index contributed by atoms with van der Waals surface area (Å²) in [5.74, 6) is 2.70. The van der Waals surface area contributed by atoms with Crippen molar-refractivity contribution in [3.8, 4) is 11.5 Å². The maximum absolute atomic E-state index is 12.2. The fourth-order valence-corrected chi connectivity index (χ4v) is 2.98. The molecule has 1 aromatic heterocycles. The molecule has 0 unspecified atom stereocenters. The van der Waals surface area contributed by atoms with Gasteiger partial charge in [-0.25, -0.2) is 4.98 Å². The van der Waals surface area contributed by atoms with Gasteiger partial charge in [-0.3, -0.25) is 9.89 Å². The summed E-state index contributed by atoms with van der Waals surface area (Å²) in [6, 6.07) is 13.8. The van der Waals surface area contributed by atoms with Gasteiger partial charge in [0.05, 0.1) is 20.6 Å². The van der Waals surface area contributed by atoms with E-state index >= 15 is 0 Å². The SMILES string of the molecule is COc1ccc(CC(=O)NCCc2n[nH]c(Cc3ccc(C)cc3)n2)cc1OC. The molecule has 3 aromatic rings. The molecule has 0 fully saturated rings. The number of hydrogen-bond acceptors (Lipinski definition) is 5. The van der Waals surface area contributed by atoms with Crippen molar-refractivity contribution in [2.45, 2.75) is 26.2 Å². The second-order valence-electron chi connectivity index (χ2n) is 6.83. The zero-order chi connectivity index (χ0) is 20.6. The molecule has 0 spiro atoms. The molecule has 0 saturated carbocycles. The molecule has 2 N–H and O–H groups in total. The largest absolute Gasteiger partial charge is 0.493 e. The number of aromatic nitrogens is 3. The van der Waals surface area contributed by atoms with Crippen LogP contribution in [0.5, 0.6) is 11.5 Å². The first-order valence-electron chi connectivity index (χ1n) is 9.50. The van der Waals surface area contributed by atoms with E-state index in [0.29, 0.717) is 36.7 Å². The molecule has 3 rings (SSSR count). The van der Waals surface area contributed by atoms with Crippen LogP contribution in [-0.4, -0.2) is 41.9 Å². The van der Waals surface area contributed by atoms with Crippen LogP contribution >= 0.6 is 0 Å². The van der Waals surface area contributed by atoms with Crippen molar-refractivity contribution in [2.24, 2.45) is 0 Å². The van der Waals surface area contributed by atoms with Crippen LogP contribution in [0.25, 0.3) is 0 Å². The molecule has 0 saturated heterocycles. The Kier molecular flexibility index (Phi) is 6.84. The molecule has 1 amide bonds. The maximum Gasteiger partial charge on any atom is 0.224 e. The molecule has 0 aliphatic rings. The standard InChI is InChI=1S/C22H26N4O3/c1-15-4-6-16(7-5-15)13-21-24-20(25-26-21)10-11-23-22(27)14-17-8-9-18(28-2)19(12-17)29-3/h4-9,12H,10-11,13-14H2,1-3H3,(H,23,27)(H,24,25,26). The number of rotatable bonds is 9. The summed E-state index contributed by atoms with van der Waals surface area (Å²) in [4.78, 5) is 16.7. The van der Waals surface area contributed by atoms with Crippen LogP contribution in [-0.2, 0) is 24.1 Å². The Labute approximate surface area is 170 Å². The Hall–Kier alpha value is -3.35. The molecule has 1 heterocycles. The highest BCUT2D eigenvalue weighted by Gasteiger charge is 2.09. The van der Waals surface area contributed by atoms with Crippen LogP contribution in [0.1, 0.15) is 28.3 Å². The van der Waals surface area contributed by atoms with Gasteiger partial charge >= 0.3 is 0 Å². The van der Waals surface area contributed by atoms with Gasteiger partial charge in [0.1, 0.15) is 5.82 Å². The van der Waals surface area contributed by atoms with Crippen LogP contribution in [0.3, 0.4) is 0 Å². The lowest BCUT2D eigenvalue weighted by molar-refractivity contribution is -0.120. The Bertz CT molecular complexity index is 951. The molecular weight excluding hydrogens is 368 g/mol. The summed E-state index contributed by atoms with van der Waals surface area (Å²) < 4.78 is 10.5. The van der Waals surface area contributed by atoms with Crippen molar-refractivity contribution in [1.82, 2.24) is 20.5 Å². The highest BCUT2D eigenvalue weighted by molar-refractivity contribution is 5.78. The van der Waals surface area contributed by atoms with E-state index in [0.717, 1.165) is 11.4 Å². The number of methoxy groups -OCH3 is 2. The predicted octanol–water partition coefficient (Wildman–Crippen LogP) is 2.62. The van der Waals surface area contributed by atoms with E-state index in [4.69, 9.17) is 9.47 Å². The number of carbonyl (C=O) groups excluding carboxylic acids is 1. The van der Waals surface area contributed by atoms with E-state index in [1.54, 1.807) is 20.3 Å². The predicted molar refractivity (Wildman–Crippen MR) is 110 cm³/mol. The first-order chi connectivity index (χ1) is 14.1. The van der Waals surface area contributed by atoms with Crippen LogP contribution in [0.4, 0.5) is 0 Å². The number of aryl methyl sites for hydroxylation is 1. The molecule has 29 heavy (non-hydrogen) atoms. The van der Waals surface area contributed by atoms with Gasteiger partial charge < -0.3 is 14.8 Å². The third kappa shape index (κ3) is 5.81. The molecule has 2 aromatic carbocycles. The number of amides is 1. The van der Waals surface area contributed by atoms with E-state index in [1.807, 2.05) is 12.1 Å². The van der Waals surface area contributed by atoms with Crippen molar-refractivity contribution in [3.05, 3.63) is 70.8 Å². The summed E-state index contributed by atoms with van der Waals surface area (Å²) in [6.07, 6.45) is 1.55. The topological polar surface area (TPSA) is 89.1 Å². The zero-order valence-electron chi connectivity index (χ0n) is 17.0. The first kappa shape index (κ1) is 20.4. The second kappa shape index (κ2) is 9.73. The van der Waals surface area contributed by atoms with Gasteiger partial charge in [-0.15, -0.1) is 0 Å². The first-order valence-corrected chi connectivity index (χ1v) is 9.50. The highest BCUT2D eigenvalue weighted by Crippen LogP contribution is 2.27. The Morgan fingerprint density at radius 3 is 2.48 bits per heavy atom. The lowest BCUT2D eigenvalue weighted by atomic mass is 10.1. The molecule has 7 nitrogen and oxygen atoms in total. The molecule has 0 radical (unpaired) electrons. The Morgan fingerprint density at radius 2 is 1.76 bits per heavy atom. The van der Waals surface area contributed by atoms with E-state index in [2.05, 4.69) is 51.7 Å². The van der Waals surface area contributed by atoms with Crippen molar-refractivity contribution in [1.29, 1.82) is 0 Å². The average molecular weight is 394 g/mol. The summed E-state index contributed by atoms with van der Waals surface area (Å²) >= 11 is 0. The Morgan fingerprint density at radius 1 is 1.03 bits per heavy atom. The molecule has 0 atom stereocenters. The van der Waals surface area contributed by atoms with Gasteiger partial charge in [0.2, 0.25) is 5.91 Å². The number of aromatic amines is 1. The molecule has 0 aliphatic carbocycles. The number of hydrogen-bond donors (Lipinski definition) is 2. The van der Waals surface area contributed by atoms with Crippen LogP contribution in [0.2, 0.25) is 0 Å². The van der Waals surface area contributed by atoms with Gasteiger partial charge in [0.25, 0.3) is 0 Å². The van der Waals surface area contributed by atoms with E-state index in [-0.39, 0.29) is 12.3 Å². The number of ether oxygens (including phenoxy) is 2. The maximum atomic E-state index is 12.2. The lowest BCUT2D eigenvalue weighted by Gasteiger charge is -2.09. The summed E-state index contributed by atoms with van der Waals surface area (Å²) in [5, 5.41) is 10.1. The van der Waals surface area contributed by atoms with Gasteiger partial charge in [0.15, 0.2) is 17.3 Å². The molecule has 152 valence electrons. The molecule has 7 heteroatoms. The van der Waals surface area contributed by atoms with Crippen LogP contribution in [0, 0.1) is 6.92 Å². The fourth-order valence-electron chi connectivity index (χ4n) is 2.98. The van der Waals surface area contributed by atoms with E-state index in [9.17, 15) is 4.79 Å². The third-order valence-corrected chi connectivity index (χ3v) is 4.55. The minimum Gasteiger partial charge on any atom is -0.493 e. The van der Waals surface area contributed by atoms with E-state index < -0.39 is 0 Å². The van der Waals surface area contributed by atoms with Crippen LogP contribution in [0.15, 0.2) is 42.5 Å². The minimum absolute atomic E-state index is 0.0624. The number of benzene rings is 2. The van der Waals surface area contributed by atoms with Gasteiger partial charge in [-0.1, -0.05) is 35.9 Å². The van der Waals surface area contributed by atoms with Crippen molar-refractivity contribution in [2.75, 3.05) is 20.8 Å². The van der Waals surface area contributed by atoms with Crippen molar-refractivity contribution >= 4 is 5.91 Å². The molecular formula is C22H26N4O3. The van der Waals surface area contributed by atoms with Gasteiger partial charge in [0, 0.05) is 19.4 Å². The van der Waals surface area contributed by atoms with Crippen molar-refractivity contribution in [3.63, 3.8) is 0 Å². The van der Waals surface area contributed by atoms with Crippen molar-refractivity contribution < 1.29 is 14.3 Å². The van der Waals surface area contributed by atoms with Gasteiger partial charge in [-0.05, 0) is 30.2 Å². The number of nitrogens with zero attached hydrogens (tertiary/aromatic N) is 2. The highest BCUT2D eigenvalue weighted by atomic mass is 16.5. The quantitative estimate of drug-likeness (QED) is 0.582. The summed E-state index contributed by atoms with van der Waals surface area (Å²) in [7, 11) is 3.16. The minimum atomic E-state index is -0.0624. The number of nitrogens with one attached hydrogen (secondary N) is 2. The van der Waals surface area contributed by atoms with Gasteiger partial charge in [-0.2, -0.15) is 5.10 Å². The van der Waals surface area contributed by atoms with Crippen LogP contribution < -0.4 is 14.8 Å². The summed E-state index contributed by atoms with van der Waals surface area (Å²) in [6.45, 7) is 2.55. The third-order valence-electron chi connectivity index (χ3n) is 4.55. The normalized spacial score (nSPS) is 10.6. The molecule has 0 bridgehead atoms. The average Bonchev–Trinajstić information content (AvgIpc) is 3.16.